The van der Waals surface area contributed by atoms with Crippen molar-refractivity contribution in [2.75, 3.05) is 13.2 Å². The second kappa shape index (κ2) is 5.28. The zero-order valence-corrected chi connectivity index (χ0v) is 11.0. The van der Waals surface area contributed by atoms with Crippen molar-refractivity contribution >= 4 is 0 Å². The molecule has 1 unspecified atom stereocenters. The maximum absolute atomic E-state index is 11.8. The quantitative estimate of drug-likeness (QED) is 0.795. The van der Waals surface area contributed by atoms with Crippen LogP contribution in [-0.4, -0.2) is 33.7 Å². The van der Waals surface area contributed by atoms with Gasteiger partial charge in [0.2, 0.25) is 0 Å². The van der Waals surface area contributed by atoms with Crippen LogP contribution in [0.1, 0.15) is 31.6 Å². The third-order valence-electron chi connectivity index (χ3n) is 3.23. The summed E-state index contributed by atoms with van der Waals surface area (Å²) in [5, 5.41) is 9.39. The lowest BCUT2D eigenvalue weighted by Gasteiger charge is -2.27. The van der Waals surface area contributed by atoms with E-state index in [1.165, 1.54) is 10.8 Å². The highest BCUT2D eigenvalue weighted by Crippen LogP contribution is 2.36. The first kappa shape index (κ1) is 14.0. The Morgan fingerprint density at radius 3 is 3.00 bits per heavy atom. The zero-order chi connectivity index (χ0) is 14.0. The van der Waals surface area contributed by atoms with Crippen molar-refractivity contribution in [3.63, 3.8) is 0 Å². The van der Waals surface area contributed by atoms with Gasteiger partial charge in [-0.25, -0.2) is 4.79 Å². The molecule has 19 heavy (non-hydrogen) atoms. The van der Waals surface area contributed by atoms with E-state index in [0.717, 1.165) is 0 Å². The van der Waals surface area contributed by atoms with Crippen LogP contribution in [0, 0.1) is 6.92 Å². The number of H-pyrrole nitrogens is 1. The second-order valence-electron chi connectivity index (χ2n) is 4.59. The van der Waals surface area contributed by atoms with E-state index >= 15 is 0 Å². The Balaban J connectivity index is 2.28. The van der Waals surface area contributed by atoms with Gasteiger partial charge < -0.3 is 14.6 Å². The minimum atomic E-state index is -1.05. The number of hydrogen-bond acceptors (Lipinski definition) is 5. The molecular formula is C12H18N2O5. The molecule has 2 N–H and O–H groups in total. The highest BCUT2D eigenvalue weighted by Gasteiger charge is 2.41. The van der Waals surface area contributed by atoms with Crippen LogP contribution in [0.25, 0.3) is 0 Å². The second-order valence-corrected chi connectivity index (χ2v) is 4.59. The molecule has 1 fully saturated rings. The van der Waals surface area contributed by atoms with Crippen molar-refractivity contribution in [1.29, 1.82) is 0 Å². The minimum Gasteiger partial charge on any atom is -0.391 e. The van der Waals surface area contributed by atoms with Crippen LogP contribution in [0.5, 0.6) is 0 Å². The summed E-state index contributed by atoms with van der Waals surface area (Å²) in [7, 11) is 0. The van der Waals surface area contributed by atoms with Crippen molar-refractivity contribution < 1.29 is 14.6 Å². The molecule has 0 aliphatic carbocycles. The zero-order valence-electron chi connectivity index (χ0n) is 11.0. The van der Waals surface area contributed by atoms with Crippen molar-refractivity contribution in [1.82, 2.24) is 9.55 Å². The molecule has 1 aliphatic rings. The van der Waals surface area contributed by atoms with Gasteiger partial charge in [0.05, 0.1) is 6.61 Å². The molecule has 2 rings (SSSR count). The Labute approximate surface area is 109 Å². The summed E-state index contributed by atoms with van der Waals surface area (Å²) < 4.78 is 12.4. The number of aromatic nitrogens is 2. The molecule has 1 aromatic heterocycles. The average molecular weight is 270 g/mol. The molecule has 1 aromatic rings. The monoisotopic (exact) mass is 270 g/mol. The molecule has 0 spiro atoms. The van der Waals surface area contributed by atoms with E-state index in [2.05, 4.69) is 4.98 Å². The van der Waals surface area contributed by atoms with Gasteiger partial charge in [-0.15, -0.1) is 0 Å². The molecule has 0 radical (unpaired) electrons. The fourth-order valence-corrected chi connectivity index (χ4v) is 2.24. The number of aryl methyl sites for hydroxylation is 1. The van der Waals surface area contributed by atoms with Gasteiger partial charge >= 0.3 is 5.69 Å². The van der Waals surface area contributed by atoms with E-state index in [-0.39, 0.29) is 6.61 Å². The molecule has 0 amide bonds. The van der Waals surface area contributed by atoms with Crippen molar-refractivity contribution in [3.05, 3.63) is 32.6 Å². The molecule has 106 valence electrons. The van der Waals surface area contributed by atoms with Crippen LogP contribution in [0.4, 0.5) is 0 Å². The molecule has 2 atom stereocenters. The lowest BCUT2D eigenvalue weighted by atomic mass is 10.2. The number of aliphatic hydroxyl groups is 1. The first-order chi connectivity index (χ1) is 9.01. The van der Waals surface area contributed by atoms with E-state index in [9.17, 15) is 14.7 Å². The number of aromatic amines is 1. The maximum Gasteiger partial charge on any atom is 0.330 e. The highest BCUT2D eigenvalue weighted by molar-refractivity contribution is 5.01. The Hall–Kier alpha value is -1.44. The van der Waals surface area contributed by atoms with Gasteiger partial charge in [0, 0.05) is 24.8 Å². The summed E-state index contributed by atoms with van der Waals surface area (Å²) in [6.07, 6.45) is 1.95. The Bertz CT molecular complexity index is 564. The number of ether oxygens (including phenoxy) is 2. The van der Waals surface area contributed by atoms with E-state index in [1.54, 1.807) is 6.92 Å². The third-order valence-corrected chi connectivity index (χ3v) is 3.23. The Kier molecular flexibility index (Phi) is 3.88. The number of nitrogens with one attached hydrogen (secondary N) is 1. The predicted molar refractivity (Wildman–Crippen MR) is 66.9 cm³/mol. The van der Waals surface area contributed by atoms with Gasteiger partial charge in [0.25, 0.3) is 5.56 Å². The summed E-state index contributed by atoms with van der Waals surface area (Å²) in [5.41, 5.74) is -0.496. The van der Waals surface area contributed by atoms with Crippen LogP contribution >= 0.6 is 0 Å². The topological polar surface area (TPSA) is 93.5 Å². The summed E-state index contributed by atoms with van der Waals surface area (Å²) in [4.78, 5) is 25.3. The molecule has 0 bridgehead atoms. The number of hydrogen-bond donors (Lipinski definition) is 2. The van der Waals surface area contributed by atoms with Crippen LogP contribution < -0.4 is 11.2 Å². The summed E-state index contributed by atoms with van der Waals surface area (Å²) >= 11 is 0. The van der Waals surface area contributed by atoms with Gasteiger partial charge in [-0.3, -0.25) is 14.3 Å². The molecule has 1 saturated heterocycles. The third kappa shape index (κ3) is 2.63. The Morgan fingerprint density at radius 2 is 2.37 bits per heavy atom. The molecule has 0 saturated carbocycles. The standard InChI is InChI=1S/C12H18N2O5/c1-3-18-12(7-15)5-4-9(19-12)14-6-8(2)10(16)13-11(14)17/h6,9,15H,3-5,7H2,1-2H3,(H,13,16,17)/t9?,12-/m0/s1. The van der Waals surface area contributed by atoms with Crippen molar-refractivity contribution in [3.8, 4) is 0 Å². The fourth-order valence-electron chi connectivity index (χ4n) is 2.24. The largest absolute Gasteiger partial charge is 0.391 e. The van der Waals surface area contributed by atoms with Gasteiger partial charge in [-0.05, 0) is 20.3 Å². The predicted octanol–water partition coefficient (Wildman–Crippen LogP) is -0.121. The van der Waals surface area contributed by atoms with E-state index < -0.39 is 23.3 Å². The average Bonchev–Trinajstić information content (AvgIpc) is 2.79. The van der Waals surface area contributed by atoms with Gasteiger partial charge in [0.15, 0.2) is 5.79 Å². The normalized spacial score (nSPS) is 26.8. The summed E-state index contributed by atoms with van der Waals surface area (Å²) in [6, 6.07) is 0. The van der Waals surface area contributed by atoms with E-state index in [0.29, 0.717) is 25.0 Å². The van der Waals surface area contributed by atoms with Gasteiger partial charge in [-0.1, -0.05) is 0 Å². The smallest absolute Gasteiger partial charge is 0.330 e. The maximum atomic E-state index is 11.8. The Morgan fingerprint density at radius 1 is 1.63 bits per heavy atom. The number of nitrogens with zero attached hydrogens (tertiary/aromatic N) is 1. The number of rotatable bonds is 4. The summed E-state index contributed by atoms with van der Waals surface area (Å²) in [5.74, 6) is -1.05. The molecule has 2 heterocycles. The van der Waals surface area contributed by atoms with Gasteiger partial charge in [0.1, 0.15) is 6.23 Å². The van der Waals surface area contributed by atoms with Crippen molar-refractivity contribution in [2.45, 2.75) is 38.7 Å². The molecule has 7 heteroatoms. The highest BCUT2D eigenvalue weighted by atomic mass is 16.7. The van der Waals surface area contributed by atoms with Crippen LogP contribution in [0.3, 0.4) is 0 Å². The van der Waals surface area contributed by atoms with Crippen LogP contribution in [-0.2, 0) is 9.47 Å². The SMILES string of the molecule is CCO[C@@]1(CO)CCC(n2cc(C)c(=O)[nH]c2=O)O1. The van der Waals surface area contributed by atoms with E-state index in [4.69, 9.17) is 9.47 Å². The van der Waals surface area contributed by atoms with Crippen molar-refractivity contribution in [2.24, 2.45) is 0 Å². The lowest BCUT2D eigenvalue weighted by molar-refractivity contribution is -0.253. The van der Waals surface area contributed by atoms with Gasteiger partial charge in [-0.2, -0.15) is 0 Å². The lowest BCUT2D eigenvalue weighted by Crippen LogP contribution is -2.38. The fraction of sp³-hybridized carbons (Fsp3) is 0.667. The molecule has 0 aromatic carbocycles. The first-order valence-corrected chi connectivity index (χ1v) is 6.26. The number of aliphatic hydroxyl groups excluding tert-OH is 1. The summed E-state index contributed by atoms with van der Waals surface area (Å²) in [6.45, 7) is 3.57. The molecule has 7 nitrogen and oxygen atoms in total. The molecular weight excluding hydrogens is 252 g/mol. The minimum absolute atomic E-state index is 0.269. The first-order valence-electron chi connectivity index (χ1n) is 6.26. The van der Waals surface area contributed by atoms with E-state index in [1.807, 2.05) is 6.92 Å². The van der Waals surface area contributed by atoms with Crippen LogP contribution in [0.15, 0.2) is 15.8 Å². The van der Waals surface area contributed by atoms with Crippen LogP contribution in [0.2, 0.25) is 0 Å². The molecule has 1 aliphatic heterocycles.